The lowest BCUT2D eigenvalue weighted by molar-refractivity contribution is -0.144. The highest BCUT2D eigenvalue weighted by Crippen LogP contribution is 2.13. The fourth-order valence-electron chi connectivity index (χ4n) is 4.78. The van der Waals surface area contributed by atoms with Crippen LogP contribution in [-0.4, -0.2) is 106 Å². The molecule has 48 heavy (non-hydrogen) atoms. The van der Waals surface area contributed by atoms with Crippen LogP contribution in [0.25, 0.3) is 0 Å². The van der Waals surface area contributed by atoms with Gasteiger partial charge < -0.3 is 53.0 Å². The first-order valence-electron chi connectivity index (χ1n) is 15.3. The van der Waals surface area contributed by atoms with Crippen molar-refractivity contribution in [3.63, 3.8) is 0 Å². The second-order valence-corrected chi connectivity index (χ2v) is 11.7. The molecular formula is C30H43N7O11. The normalized spacial score (nSPS) is 16.4. The van der Waals surface area contributed by atoms with Crippen LogP contribution in [0.1, 0.15) is 51.5 Å². The van der Waals surface area contributed by atoms with Crippen molar-refractivity contribution >= 4 is 47.4 Å². The second-order valence-electron chi connectivity index (χ2n) is 11.7. The molecule has 264 valence electrons. The average Bonchev–Trinajstić information content (AvgIpc) is 3.55. The van der Waals surface area contributed by atoms with Crippen LogP contribution in [0.2, 0.25) is 0 Å². The van der Waals surface area contributed by atoms with Crippen molar-refractivity contribution in [2.45, 2.75) is 82.6 Å². The number of carboxylic acid groups (broad SMARTS) is 2. The molecule has 0 radical (unpaired) electrons. The van der Waals surface area contributed by atoms with Gasteiger partial charge in [0.15, 0.2) is 0 Å². The van der Waals surface area contributed by atoms with E-state index in [0.29, 0.717) is 18.5 Å². The first kappa shape index (κ1) is 38.9. The van der Waals surface area contributed by atoms with Gasteiger partial charge in [0, 0.05) is 12.8 Å². The van der Waals surface area contributed by atoms with Gasteiger partial charge >= 0.3 is 11.9 Å². The van der Waals surface area contributed by atoms with Crippen LogP contribution in [0.15, 0.2) is 24.3 Å². The van der Waals surface area contributed by atoms with E-state index in [0.717, 1.165) is 6.42 Å². The molecule has 0 aliphatic carbocycles. The molecular weight excluding hydrogens is 634 g/mol. The zero-order valence-electron chi connectivity index (χ0n) is 26.6. The van der Waals surface area contributed by atoms with Crippen LogP contribution in [0.4, 0.5) is 0 Å². The Morgan fingerprint density at radius 2 is 1.50 bits per heavy atom. The predicted octanol–water partition coefficient (Wildman–Crippen LogP) is -2.78. The van der Waals surface area contributed by atoms with E-state index in [-0.39, 0.29) is 18.6 Å². The van der Waals surface area contributed by atoms with Gasteiger partial charge in [0.1, 0.15) is 29.9 Å². The van der Waals surface area contributed by atoms with Crippen molar-refractivity contribution in [1.82, 2.24) is 31.9 Å². The Kier molecular flexibility index (Phi) is 15.2. The van der Waals surface area contributed by atoms with Gasteiger partial charge in [0.2, 0.25) is 35.4 Å². The molecule has 5 atom stereocenters. The Bertz CT molecular complexity index is 1350. The molecule has 1 fully saturated rings. The number of hydrogen-bond donors (Lipinski definition) is 10. The van der Waals surface area contributed by atoms with E-state index in [1.165, 1.54) is 24.3 Å². The number of carbonyl (C=O) groups excluding carboxylic acids is 6. The topological polar surface area (TPSA) is 295 Å². The van der Waals surface area contributed by atoms with Crippen molar-refractivity contribution in [2.24, 2.45) is 11.7 Å². The van der Waals surface area contributed by atoms with Crippen LogP contribution >= 0.6 is 0 Å². The van der Waals surface area contributed by atoms with E-state index in [4.69, 9.17) is 5.73 Å². The minimum absolute atomic E-state index is 0.0727. The third kappa shape index (κ3) is 13.2. The van der Waals surface area contributed by atoms with Gasteiger partial charge in [-0.15, -0.1) is 0 Å². The summed E-state index contributed by atoms with van der Waals surface area (Å²) < 4.78 is 0. The largest absolute Gasteiger partial charge is 0.508 e. The maximum atomic E-state index is 13.6. The van der Waals surface area contributed by atoms with Gasteiger partial charge in [0.05, 0.1) is 19.0 Å². The number of carboxylic acids is 2. The molecule has 18 heteroatoms. The summed E-state index contributed by atoms with van der Waals surface area (Å²) in [5, 5.41) is 43.2. The molecule has 2 rings (SSSR count). The smallest absolute Gasteiger partial charge is 0.326 e. The van der Waals surface area contributed by atoms with Gasteiger partial charge in [-0.05, 0) is 49.4 Å². The highest BCUT2D eigenvalue weighted by molar-refractivity contribution is 5.96. The monoisotopic (exact) mass is 677 g/mol. The Morgan fingerprint density at radius 3 is 2.04 bits per heavy atom. The first-order chi connectivity index (χ1) is 22.6. The summed E-state index contributed by atoms with van der Waals surface area (Å²) in [6.07, 6.45) is -0.406. The van der Waals surface area contributed by atoms with Crippen LogP contribution in [-0.2, 0) is 44.8 Å². The highest BCUT2D eigenvalue weighted by atomic mass is 16.4. The fraction of sp³-hybridized carbons (Fsp3) is 0.533. The summed E-state index contributed by atoms with van der Waals surface area (Å²) >= 11 is 0. The van der Waals surface area contributed by atoms with E-state index < -0.39 is 103 Å². The number of carbonyl (C=O) groups is 8. The Hall–Kier alpha value is -5.26. The molecule has 1 aromatic carbocycles. The molecule has 6 amide bonds. The maximum Gasteiger partial charge on any atom is 0.326 e. The average molecular weight is 678 g/mol. The Morgan fingerprint density at radius 1 is 0.875 bits per heavy atom. The number of aromatic hydroxyl groups is 1. The molecule has 18 nitrogen and oxygen atoms in total. The molecule has 0 unspecified atom stereocenters. The number of phenols is 1. The molecule has 1 saturated heterocycles. The van der Waals surface area contributed by atoms with Crippen LogP contribution in [0.5, 0.6) is 5.75 Å². The number of benzene rings is 1. The molecule has 0 aromatic heterocycles. The predicted molar refractivity (Wildman–Crippen MR) is 167 cm³/mol. The molecule has 1 heterocycles. The third-order valence-electron chi connectivity index (χ3n) is 7.37. The lowest BCUT2D eigenvalue weighted by atomic mass is 10.00. The van der Waals surface area contributed by atoms with Gasteiger partial charge in [-0.25, -0.2) is 4.79 Å². The summed E-state index contributed by atoms with van der Waals surface area (Å²) in [7, 11) is 0. The van der Waals surface area contributed by atoms with E-state index in [1.807, 2.05) is 0 Å². The van der Waals surface area contributed by atoms with E-state index in [9.17, 15) is 53.7 Å². The summed E-state index contributed by atoms with van der Waals surface area (Å²) in [5.41, 5.74) is 5.54. The molecule has 1 aliphatic rings. The van der Waals surface area contributed by atoms with Gasteiger partial charge in [-0.3, -0.25) is 33.6 Å². The summed E-state index contributed by atoms with van der Waals surface area (Å²) in [6.45, 7) is 3.27. The fourth-order valence-corrected chi connectivity index (χ4v) is 4.78. The van der Waals surface area contributed by atoms with Crippen molar-refractivity contribution in [1.29, 1.82) is 0 Å². The molecule has 0 spiro atoms. The molecule has 0 bridgehead atoms. The number of hydrogen-bond acceptors (Lipinski definition) is 10. The lowest BCUT2D eigenvalue weighted by Gasteiger charge is -2.27. The SMILES string of the molecule is CC(C)[C@H](NC(=O)[C@H](Cc1ccc(O)cc1)NC(=O)[C@H](CCC(=O)O)NC(=O)CNC(=O)[C@@H]1CCCN1)C(=O)N[C@@H](CC(N)=O)C(=O)O. The number of primary amides is 1. The van der Waals surface area contributed by atoms with Gasteiger partial charge in [0.25, 0.3) is 0 Å². The highest BCUT2D eigenvalue weighted by Gasteiger charge is 2.33. The maximum absolute atomic E-state index is 13.6. The summed E-state index contributed by atoms with van der Waals surface area (Å²) in [5.74, 6) is -8.43. The molecule has 1 aromatic rings. The molecule has 0 saturated carbocycles. The number of phenolic OH excluding ortho intramolecular Hbond substituents is 1. The zero-order chi connectivity index (χ0) is 36.0. The van der Waals surface area contributed by atoms with E-state index in [2.05, 4.69) is 31.9 Å². The van der Waals surface area contributed by atoms with Crippen LogP contribution in [0.3, 0.4) is 0 Å². The van der Waals surface area contributed by atoms with E-state index >= 15 is 0 Å². The number of aliphatic carboxylic acids is 2. The standard InChI is InChI=1S/C30H43N7O11/c1-15(2)25(29(46)36-21(30(47)48)13-22(31)39)37-28(45)20(12-16-5-7-17(38)8-6-16)35-27(44)19(9-10-24(41)42)34-23(40)14-33-26(43)18-4-3-11-32-18/h5-8,15,18-21,25,32,38H,3-4,9-14H2,1-2H3,(H2,31,39)(H,33,43)(H,34,40)(H,35,44)(H,36,46)(H,37,45)(H,41,42)(H,47,48)/t18-,19-,20-,21-,25-/m0/s1. The first-order valence-corrected chi connectivity index (χ1v) is 15.3. The molecule has 1 aliphatic heterocycles. The van der Waals surface area contributed by atoms with Crippen molar-refractivity contribution in [2.75, 3.05) is 13.1 Å². The summed E-state index contributed by atoms with van der Waals surface area (Å²) in [4.78, 5) is 99.2. The number of nitrogens with one attached hydrogen (secondary N) is 6. The minimum atomic E-state index is -1.67. The van der Waals surface area contributed by atoms with Crippen molar-refractivity contribution in [3.05, 3.63) is 29.8 Å². The Labute approximate surface area is 275 Å². The van der Waals surface area contributed by atoms with Crippen molar-refractivity contribution < 1.29 is 53.7 Å². The number of amides is 6. The van der Waals surface area contributed by atoms with Crippen LogP contribution < -0.4 is 37.6 Å². The third-order valence-corrected chi connectivity index (χ3v) is 7.37. The van der Waals surface area contributed by atoms with Gasteiger partial charge in [-0.2, -0.15) is 0 Å². The van der Waals surface area contributed by atoms with E-state index in [1.54, 1.807) is 13.8 Å². The second kappa shape index (κ2) is 18.8. The zero-order valence-corrected chi connectivity index (χ0v) is 26.6. The van der Waals surface area contributed by atoms with Crippen LogP contribution in [0, 0.1) is 5.92 Å². The number of nitrogens with two attached hydrogens (primary N) is 1. The number of rotatable bonds is 19. The summed E-state index contributed by atoms with van der Waals surface area (Å²) in [6, 6.07) is -0.709. The van der Waals surface area contributed by atoms with Gasteiger partial charge in [-0.1, -0.05) is 26.0 Å². The van der Waals surface area contributed by atoms with Crippen molar-refractivity contribution in [3.8, 4) is 5.75 Å². The minimum Gasteiger partial charge on any atom is -0.508 e. The molecule has 11 N–H and O–H groups in total. The quantitative estimate of drug-likeness (QED) is 0.0712. The lowest BCUT2D eigenvalue weighted by Crippen LogP contribution is -2.59. The Balaban J connectivity index is 2.25.